The fourth-order valence-corrected chi connectivity index (χ4v) is 2.98. The smallest absolute Gasteiger partial charge is 0.0702 e. The monoisotopic (exact) mass is 240 g/mol. The quantitative estimate of drug-likeness (QED) is 0.769. The van der Waals surface area contributed by atoms with E-state index in [1.807, 2.05) is 0 Å². The Hall–Kier alpha value is -0.120. The van der Waals surface area contributed by atoms with Gasteiger partial charge in [-0.2, -0.15) is 0 Å². The lowest BCUT2D eigenvalue weighted by Gasteiger charge is -2.33. The summed E-state index contributed by atoms with van der Waals surface area (Å²) < 4.78 is 5.88. The van der Waals surface area contributed by atoms with Crippen LogP contribution in [0.25, 0.3) is 0 Å². The van der Waals surface area contributed by atoms with E-state index < -0.39 is 0 Å². The Labute approximate surface area is 106 Å². The summed E-state index contributed by atoms with van der Waals surface area (Å²) in [6.07, 6.45) is 8.28. The van der Waals surface area contributed by atoms with Gasteiger partial charge in [-0.3, -0.25) is 0 Å². The van der Waals surface area contributed by atoms with Gasteiger partial charge in [0, 0.05) is 19.2 Å². The van der Waals surface area contributed by atoms with Crippen LogP contribution >= 0.6 is 0 Å². The SMILES string of the molecule is CCCOC1CCCN(CCC2CCCN2)C1. The fourth-order valence-electron chi connectivity index (χ4n) is 2.98. The fraction of sp³-hybridized carbons (Fsp3) is 1.00. The predicted molar refractivity (Wildman–Crippen MR) is 71.3 cm³/mol. The molecule has 17 heavy (non-hydrogen) atoms. The second-order valence-electron chi connectivity index (χ2n) is 5.52. The molecule has 2 heterocycles. The Morgan fingerprint density at radius 1 is 1.29 bits per heavy atom. The van der Waals surface area contributed by atoms with E-state index in [1.165, 1.54) is 51.7 Å². The Bertz CT molecular complexity index is 204. The van der Waals surface area contributed by atoms with Crippen molar-refractivity contribution >= 4 is 0 Å². The Kier molecular flexibility index (Phi) is 5.75. The highest BCUT2D eigenvalue weighted by molar-refractivity contribution is 4.78. The molecule has 2 unspecified atom stereocenters. The second kappa shape index (κ2) is 7.34. The van der Waals surface area contributed by atoms with Gasteiger partial charge in [0.05, 0.1) is 6.10 Å². The van der Waals surface area contributed by atoms with Crippen molar-refractivity contribution in [1.82, 2.24) is 10.2 Å². The normalized spacial score (nSPS) is 30.9. The van der Waals surface area contributed by atoms with Crippen LogP contribution in [0.1, 0.15) is 45.4 Å². The lowest BCUT2D eigenvalue weighted by atomic mass is 10.1. The zero-order valence-corrected chi connectivity index (χ0v) is 11.3. The summed E-state index contributed by atoms with van der Waals surface area (Å²) in [7, 11) is 0. The van der Waals surface area contributed by atoms with Gasteiger partial charge in [0.25, 0.3) is 0 Å². The van der Waals surface area contributed by atoms with E-state index in [0.717, 1.165) is 25.6 Å². The maximum Gasteiger partial charge on any atom is 0.0702 e. The van der Waals surface area contributed by atoms with Gasteiger partial charge >= 0.3 is 0 Å². The maximum atomic E-state index is 5.88. The van der Waals surface area contributed by atoms with Crippen LogP contribution in [0, 0.1) is 0 Å². The Morgan fingerprint density at radius 3 is 3.00 bits per heavy atom. The van der Waals surface area contributed by atoms with Gasteiger partial charge in [0.2, 0.25) is 0 Å². The number of hydrogen-bond donors (Lipinski definition) is 1. The summed E-state index contributed by atoms with van der Waals surface area (Å²) in [6, 6.07) is 0.784. The highest BCUT2D eigenvalue weighted by atomic mass is 16.5. The molecule has 2 aliphatic heterocycles. The lowest BCUT2D eigenvalue weighted by molar-refractivity contribution is -0.000724. The van der Waals surface area contributed by atoms with E-state index in [0.29, 0.717) is 6.10 Å². The number of ether oxygens (including phenoxy) is 1. The standard InChI is InChI=1S/C14H28N2O/c1-2-11-17-14-6-4-9-16(12-14)10-7-13-5-3-8-15-13/h13-15H,2-12H2,1H3. The van der Waals surface area contributed by atoms with E-state index >= 15 is 0 Å². The summed E-state index contributed by atoms with van der Waals surface area (Å²) >= 11 is 0. The number of piperidine rings is 1. The number of likely N-dealkylation sites (tertiary alicyclic amines) is 1. The van der Waals surface area contributed by atoms with Crippen LogP contribution in [0.3, 0.4) is 0 Å². The minimum absolute atomic E-state index is 0.500. The molecule has 0 aromatic rings. The van der Waals surface area contributed by atoms with Crippen LogP contribution in [0.2, 0.25) is 0 Å². The zero-order chi connectivity index (χ0) is 11.9. The van der Waals surface area contributed by atoms with Crippen LogP contribution in [-0.2, 0) is 4.74 Å². The average molecular weight is 240 g/mol. The van der Waals surface area contributed by atoms with E-state index in [-0.39, 0.29) is 0 Å². The summed E-state index contributed by atoms with van der Waals surface area (Å²) in [6.45, 7) is 8.04. The van der Waals surface area contributed by atoms with Crippen molar-refractivity contribution in [2.24, 2.45) is 0 Å². The maximum absolute atomic E-state index is 5.88. The van der Waals surface area contributed by atoms with Gasteiger partial charge in [-0.05, 0) is 58.2 Å². The van der Waals surface area contributed by atoms with Crippen LogP contribution in [0.4, 0.5) is 0 Å². The first-order valence-electron chi connectivity index (χ1n) is 7.46. The van der Waals surface area contributed by atoms with Gasteiger partial charge in [-0.15, -0.1) is 0 Å². The van der Waals surface area contributed by atoms with Crippen LogP contribution in [-0.4, -0.2) is 49.8 Å². The molecule has 0 aliphatic carbocycles. The van der Waals surface area contributed by atoms with Crippen LogP contribution in [0.5, 0.6) is 0 Å². The summed E-state index contributed by atoms with van der Waals surface area (Å²) in [5, 5.41) is 3.58. The first-order chi connectivity index (χ1) is 8.38. The lowest BCUT2D eigenvalue weighted by Crippen LogP contribution is -2.41. The molecule has 0 aromatic heterocycles. The first-order valence-corrected chi connectivity index (χ1v) is 7.46. The van der Waals surface area contributed by atoms with Crippen molar-refractivity contribution in [3.05, 3.63) is 0 Å². The third kappa shape index (κ3) is 4.57. The molecule has 0 spiro atoms. The number of nitrogens with one attached hydrogen (secondary N) is 1. The molecule has 3 heteroatoms. The molecule has 0 aromatic carbocycles. The Balaban J connectivity index is 1.62. The molecule has 0 bridgehead atoms. The minimum Gasteiger partial charge on any atom is -0.377 e. The molecule has 0 amide bonds. The third-order valence-electron chi connectivity index (χ3n) is 3.98. The van der Waals surface area contributed by atoms with Gasteiger partial charge < -0.3 is 15.0 Å². The average Bonchev–Trinajstić information content (AvgIpc) is 2.87. The molecule has 2 atom stereocenters. The largest absolute Gasteiger partial charge is 0.377 e. The molecule has 2 saturated heterocycles. The first kappa shape index (κ1) is 13.3. The molecule has 2 fully saturated rings. The molecule has 0 radical (unpaired) electrons. The van der Waals surface area contributed by atoms with Gasteiger partial charge in [0.1, 0.15) is 0 Å². The topological polar surface area (TPSA) is 24.5 Å². The summed E-state index contributed by atoms with van der Waals surface area (Å²) in [5.41, 5.74) is 0. The molecule has 2 aliphatic rings. The van der Waals surface area contributed by atoms with Crippen molar-refractivity contribution in [2.45, 2.75) is 57.6 Å². The second-order valence-corrected chi connectivity index (χ2v) is 5.52. The number of rotatable bonds is 6. The minimum atomic E-state index is 0.500. The van der Waals surface area contributed by atoms with Gasteiger partial charge in [-0.25, -0.2) is 0 Å². The van der Waals surface area contributed by atoms with Gasteiger partial charge in [0.15, 0.2) is 0 Å². The highest BCUT2D eigenvalue weighted by Gasteiger charge is 2.21. The molecular formula is C14H28N2O. The zero-order valence-electron chi connectivity index (χ0n) is 11.3. The molecule has 1 N–H and O–H groups in total. The summed E-state index contributed by atoms with van der Waals surface area (Å²) in [5.74, 6) is 0. The van der Waals surface area contributed by atoms with E-state index in [1.54, 1.807) is 0 Å². The van der Waals surface area contributed by atoms with E-state index in [9.17, 15) is 0 Å². The highest BCUT2D eigenvalue weighted by Crippen LogP contribution is 2.15. The van der Waals surface area contributed by atoms with Crippen molar-refractivity contribution in [3.63, 3.8) is 0 Å². The third-order valence-corrected chi connectivity index (χ3v) is 3.98. The number of hydrogen-bond acceptors (Lipinski definition) is 3. The van der Waals surface area contributed by atoms with Crippen molar-refractivity contribution in [1.29, 1.82) is 0 Å². The van der Waals surface area contributed by atoms with E-state index in [4.69, 9.17) is 4.74 Å². The summed E-state index contributed by atoms with van der Waals surface area (Å²) in [4.78, 5) is 2.60. The van der Waals surface area contributed by atoms with Crippen molar-refractivity contribution in [3.8, 4) is 0 Å². The van der Waals surface area contributed by atoms with Crippen molar-refractivity contribution < 1.29 is 4.74 Å². The van der Waals surface area contributed by atoms with Crippen molar-refractivity contribution in [2.75, 3.05) is 32.8 Å². The molecule has 3 nitrogen and oxygen atoms in total. The molecule has 100 valence electrons. The number of nitrogens with zero attached hydrogens (tertiary/aromatic N) is 1. The Morgan fingerprint density at radius 2 is 2.24 bits per heavy atom. The predicted octanol–water partition coefficient (Wildman–Crippen LogP) is 2.02. The van der Waals surface area contributed by atoms with Gasteiger partial charge in [-0.1, -0.05) is 6.92 Å². The molecule has 2 rings (SSSR count). The van der Waals surface area contributed by atoms with Crippen LogP contribution in [0.15, 0.2) is 0 Å². The molecule has 0 saturated carbocycles. The van der Waals surface area contributed by atoms with E-state index in [2.05, 4.69) is 17.1 Å². The van der Waals surface area contributed by atoms with Crippen LogP contribution < -0.4 is 5.32 Å². The molecular weight excluding hydrogens is 212 g/mol.